The van der Waals surface area contributed by atoms with E-state index in [4.69, 9.17) is 4.74 Å². The fraction of sp³-hybridized carbons (Fsp3) is 0.0769. The second-order valence-corrected chi connectivity index (χ2v) is 3.22. The molecular weight excluding hydrogens is 188 g/mol. The summed E-state index contributed by atoms with van der Waals surface area (Å²) in [6, 6.07) is 14.9. The molecule has 0 saturated heterocycles. The highest BCUT2D eigenvalue weighted by Gasteiger charge is 2.07. The lowest BCUT2D eigenvalue weighted by atomic mass is 10.0. The Morgan fingerprint density at radius 1 is 0.867 bits per heavy atom. The van der Waals surface area contributed by atoms with Gasteiger partial charge in [-0.1, -0.05) is 36.4 Å². The zero-order chi connectivity index (χ0) is 10.7. The third kappa shape index (κ3) is 1.79. The van der Waals surface area contributed by atoms with Crippen LogP contribution >= 0.6 is 0 Å². The summed E-state index contributed by atoms with van der Waals surface area (Å²) in [6.07, 6.45) is 0. The Morgan fingerprint density at radius 3 is 2.13 bits per heavy atom. The molecule has 0 aliphatic heterocycles. The minimum atomic E-state index is 0.266. The first-order valence-corrected chi connectivity index (χ1v) is 4.74. The number of hydrogen-bond donors (Lipinski definition) is 1. The van der Waals surface area contributed by atoms with Crippen LogP contribution in [-0.4, -0.2) is 12.2 Å². The summed E-state index contributed by atoms with van der Waals surface area (Å²) in [6.45, 7) is 0. The maximum atomic E-state index is 9.73. The van der Waals surface area contributed by atoms with Gasteiger partial charge in [0.2, 0.25) is 0 Å². The standard InChI is InChI=1S/C13H12O2/c1-15-13-9-5-3-7-11(13)10-6-2-4-8-12(10)14/h2-9,14H,1H3. The smallest absolute Gasteiger partial charge is 0.126 e. The number of methoxy groups -OCH3 is 1. The third-order valence-electron chi connectivity index (χ3n) is 2.30. The molecule has 0 aliphatic carbocycles. The van der Waals surface area contributed by atoms with E-state index in [2.05, 4.69) is 0 Å². The van der Waals surface area contributed by atoms with Crippen LogP contribution in [0.3, 0.4) is 0 Å². The number of ether oxygens (including phenoxy) is 1. The number of hydrogen-bond acceptors (Lipinski definition) is 2. The summed E-state index contributed by atoms with van der Waals surface area (Å²) in [5, 5.41) is 9.73. The van der Waals surface area contributed by atoms with E-state index in [0.29, 0.717) is 0 Å². The van der Waals surface area contributed by atoms with E-state index in [1.54, 1.807) is 19.2 Å². The minimum absolute atomic E-state index is 0.266. The summed E-state index contributed by atoms with van der Waals surface area (Å²) >= 11 is 0. The molecule has 0 unspecified atom stereocenters. The van der Waals surface area contributed by atoms with Crippen LogP contribution in [0.2, 0.25) is 0 Å². The number of phenolic OH excluding ortho intramolecular Hbond substituents is 1. The van der Waals surface area contributed by atoms with Crippen LogP contribution < -0.4 is 4.74 Å². The van der Waals surface area contributed by atoms with Gasteiger partial charge in [-0.15, -0.1) is 0 Å². The predicted octanol–water partition coefficient (Wildman–Crippen LogP) is 3.07. The molecule has 0 fully saturated rings. The van der Waals surface area contributed by atoms with E-state index >= 15 is 0 Å². The number of benzene rings is 2. The van der Waals surface area contributed by atoms with E-state index in [1.165, 1.54) is 0 Å². The molecule has 76 valence electrons. The summed E-state index contributed by atoms with van der Waals surface area (Å²) in [4.78, 5) is 0. The second kappa shape index (κ2) is 4.05. The molecule has 0 spiro atoms. The number of phenols is 1. The molecule has 2 aromatic carbocycles. The van der Waals surface area contributed by atoms with Crippen LogP contribution in [0.4, 0.5) is 0 Å². The Labute approximate surface area is 88.8 Å². The van der Waals surface area contributed by atoms with Gasteiger partial charge in [-0.05, 0) is 12.1 Å². The second-order valence-electron chi connectivity index (χ2n) is 3.22. The Morgan fingerprint density at radius 2 is 1.47 bits per heavy atom. The SMILES string of the molecule is COc1ccccc1-c1ccccc1O. The van der Waals surface area contributed by atoms with E-state index in [9.17, 15) is 5.11 Å². The van der Waals surface area contributed by atoms with Gasteiger partial charge < -0.3 is 9.84 Å². The van der Waals surface area contributed by atoms with E-state index in [0.717, 1.165) is 16.9 Å². The monoisotopic (exact) mass is 200 g/mol. The van der Waals surface area contributed by atoms with Gasteiger partial charge in [0, 0.05) is 11.1 Å². The molecule has 0 radical (unpaired) electrons. The van der Waals surface area contributed by atoms with Crippen LogP contribution in [0.5, 0.6) is 11.5 Å². The first-order valence-electron chi connectivity index (χ1n) is 4.74. The summed E-state index contributed by atoms with van der Waals surface area (Å²) in [7, 11) is 1.62. The molecule has 2 aromatic rings. The van der Waals surface area contributed by atoms with Gasteiger partial charge >= 0.3 is 0 Å². The van der Waals surface area contributed by atoms with Crippen molar-refractivity contribution in [3.63, 3.8) is 0 Å². The summed E-state index contributed by atoms with van der Waals surface area (Å²) < 4.78 is 5.24. The van der Waals surface area contributed by atoms with Crippen molar-refractivity contribution in [1.29, 1.82) is 0 Å². The van der Waals surface area contributed by atoms with Crippen molar-refractivity contribution in [2.24, 2.45) is 0 Å². The Hall–Kier alpha value is -1.96. The lowest BCUT2D eigenvalue weighted by Gasteiger charge is -2.09. The Kier molecular flexibility index (Phi) is 2.59. The molecule has 0 amide bonds. The van der Waals surface area contributed by atoms with Crippen molar-refractivity contribution in [2.45, 2.75) is 0 Å². The number of para-hydroxylation sites is 2. The molecule has 2 nitrogen and oxygen atoms in total. The van der Waals surface area contributed by atoms with Crippen molar-refractivity contribution < 1.29 is 9.84 Å². The van der Waals surface area contributed by atoms with Gasteiger partial charge in [-0.25, -0.2) is 0 Å². The first kappa shape index (κ1) is 9.59. The molecule has 0 aromatic heterocycles. The molecule has 0 aliphatic rings. The highest BCUT2D eigenvalue weighted by molar-refractivity contribution is 5.75. The van der Waals surface area contributed by atoms with Crippen molar-refractivity contribution in [2.75, 3.05) is 7.11 Å². The highest BCUT2D eigenvalue weighted by atomic mass is 16.5. The molecular formula is C13H12O2. The fourth-order valence-electron chi connectivity index (χ4n) is 1.57. The molecule has 0 bridgehead atoms. The van der Waals surface area contributed by atoms with Gasteiger partial charge in [-0.2, -0.15) is 0 Å². The third-order valence-corrected chi connectivity index (χ3v) is 2.30. The number of aromatic hydroxyl groups is 1. The lowest BCUT2D eigenvalue weighted by molar-refractivity contribution is 0.415. The van der Waals surface area contributed by atoms with Gasteiger partial charge in [0.1, 0.15) is 11.5 Å². The zero-order valence-electron chi connectivity index (χ0n) is 8.47. The van der Waals surface area contributed by atoms with Crippen molar-refractivity contribution in [3.8, 4) is 22.6 Å². The van der Waals surface area contributed by atoms with E-state index in [1.807, 2.05) is 36.4 Å². The molecule has 1 N–H and O–H groups in total. The van der Waals surface area contributed by atoms with Crippen molar-refractivity contribution in [3.05, 3.63) is 48.5 Å². The molecule has 0 saturated carbocycles. The molecule has 0 atom stereocenters. The van der Waals surface area contributed by atoms with Crippen LogP contribution in [0.25, 0.3) is 11.1 Å². The van der Waals surface area contributed by atoms with Gasteiger partial charge in [0.25, 0.3) is 0 Å². The highest BCUT2D eigenvalue weighted by Crippen LogP contribution is 2.34. The van der Waals surface area contributed by atoms with Crippen molar-refractivity contribution >= 4 is 0 Å². The average molecular weight is 200 g/mol. The van der Waals surface area contributed by atoms with E-state index < -0.39 is 0 Å². The maximum Gasteiger partial charge on any atom is 0.126 e. The van der Waals surface area contributed by atoms with Crippen LogP contribution in [0, 0.1) is 0 Å². The summed E-state index contributed by atoms with van der Waals surface area (Å²) in [5.74, 6) is 1.03. The van der Waals surface area contributed by atoms with Gasteiger partial charge in [-0.3, -0.25) is 0 Å². The maximum absolute atomic E-state index is 9.73. The minimum Gasteiger partial charge on any atom is -0.507 e. The first-order chi connectivity index (χ1) is 7.33. The predicted molar refractivity (Wildman–Crippen MR) is 60.1 cm³/mol. The molecule has 2 rings (SSSR count). The summed E-state index contributed by atoms with van der Waals surface area (Å²) in [5.41, 5.74) is 1.69. The lowest BCUT2D eigenvalue weighted by Crippen LogP contribution is -1.87. The fourth-order valence-corrected chi connectivity index (χ4v) is 1.57. The van der Waals surface area contributed by atoms with E-state index in [-0.39, 0.29) is 5.75 Å². The molecule has 0 heterocycles. The zero-order valence-corrected chi connectivity index (χ0v) is 8.47. The van der Waals surface area contributed by atoms with Gasteiger partial charge in [0.05, 0.1) is 7.11 Å². The topological polar surface area (TPSA) is 29.5 Å². The number of rotatable bonds is 2. The van der Waals surface area contributed by atoms with Crippen LogP contribution in [-0.2, 0) is 0 Å². The normalized spacial score (nSPS) is 9.93. The Balaban J connectivity index is 2.59. The van der Waals surface area contributed by atoms with Gasteiger partial charge in [0.15, 0.2) is 0 Å². The molecule has 2 heteroatoms. The molecule has 15 heavy (non-hydrogen) atoms. The van der Waals surface area contributed by atoms with Crippen molar-refractivity contribution in [1.82, 2.24) is 0 Å². The largest absolute Gasteiger partial charge is 0.507 e. The average Bonchev–Trinajstić information content (AvgIpc) is 2.30. The quantitative estimate of drug-likeness (QED) is 0.807. The van der Waals surface area contributed by atoms with Crippen LogP contribution in [0.1, 0.15) is 0 Å². The van der Waals surface area contributed by atoms with Crippen LogP contribution in [0.15, 0.2) is 48.5 Å². The Bertz CT molecular complexity index is 464.